The Morgan fingerprint density at radius 3 is 2.29 bits per heavy atom. The van der Waals surface area contributed by atoms with E-state index < -0.39 is 0 Å². The molecule has 24 heavy (non-hydrogen) atoms. The minimum absolute atomic E-state index is 0.828. The van der Waals surface area contributed by atoms with Gasteiger partial charge in [0.15, 0.2) is 0 Å². The van der Waals surface area contributed by atoms with E-state index in [-0.39, 0.29) is 0 Å². The molecule has 3 heteroatoms. The maximum Gasteiger partial charge on any atom is 0.138 e. The summed E-state index contributed by atoms with van der Waals surface area (Å²) in [5.74, 6) is 0.828. The Morgan fingerprint density at radius 1 is 0.875 bits per heavy atom. The van der Waals surface area contributed by atoms with E-state index in [9.17, 15) is 0 Å². The van der Waals surface area contributed by atoms with Gasteiger partial charge >= 0.3 is 0 Å². The molecule has 0 heterocycles. The van der Waals surface area contributed by atoms with Crippen molar-refractivity contribution in [1.29, 1.82) is 0 Å². The second-order valence-corrected chi connectivity index (χ2v) is 6.58. The number of hydrogen-bond donors (Lipinski definition) is 1. The monoisotopic (exact) mass is 378 g/mol. The summed E-state index contributed by atoms with van der Waals surface area (Å²) in [7, 11) is 0. The van der Waals surface area contributed by atoms with E-state index in [0.29, 0.717) is 0 Å². The molecule has 0 saturated heterocycles. The molecule has 0 aliphatic rings. The number of aliphatic imine (C=N–C) groups is 1. The van der Waals surface area contributed by atoms with E-state index in [2.05, 4.69) is 65.4 Å². The van der Waals surface area contributed by atoms with Crippen molar-refractivity contribution in [1.82, 2.24) is 0 Å². The second kappa shape index (κ2) is 7.45. The van der Waals surface area contributed by atoms with Crippen LogP contribution in [0.25, 0.3) is 0 Å². The van der Waals surface area contributed by atoms with E-state index in [4.69, 9.17) is 4.99 Å². The molecule has 0 unspecified atom stereocenters. The van der Waals surface area contributed by atoms with Crippen LogP contribution in [0, 0.1) is 13.8 Å². The first-order valence-corrected chi connectivity index (χ1v) is 8.66. The normalized spacial score (nSPS) is 11.4. The molecule has 0 aliphatic carbocycles. The van der Waals surface area contributed by atoms with Crippen LogP contribution in [-0.2, 0) is 0 Å². The zero-order valence-electron chi connectivity index (χ0n) is 13.8. The van der Waals surface area contributed by atoms with Gasteiger partial charge in [0.05, 0.1) is 11.4 Å². The molecular formula is C21H19BrN2. The fraction of sp³-hybridized carbons (Fsp3) is 0.0952. The number of rotatable bonds is 3. The van der Waals surface area contributed by atoms with E-state index >= 15 is 0 Å². The van der Waals surface area contributed by atoms with Crippen LogP contribution in [-0.4, -0.2) is 5.84 Å². The molecule has 0 radical (unpaired) electrons. The minimum Gasteiger partial charge on any atom is -0.339 e. The van der Waals surface area contributed by atoms with Crippen molar-refractivity contribution in [2.75, 3.05) is 5.32 Å². The minimum atomic E-state index is 0.828. The summed E-state index contributed by atoms with van der Waals surface area (Å²) in [6.07, 6.45) is 0. The van der Waals surface area contributed by atoms with Gasteiger partial charge in [-0.3, -0.25) is 0 Å². The molecular weight excluding hydrogens is 360 g/mol. The molecule has 3 aromatic rings. The van der Waals surface area contributed by atoms with E-state index in [1.807, 2.05) is 42.5 Å². The smallest absolute Gasteiger partial charge is 0.138 e. The number of aryl methyl sites for hydroxylation is 2. The van der Waals surface area contributed by atoms with E-state index in [1.165, 1.54) is 5.56 Å². The van der Waals surface area contributed by atoms with Crippen LogP contribution in [0.1, 0.15) is 16.7 Å². The molecule has 0 spiro atoms. The number of hydrogen-bond acceptors (Lipinski definition) is 1. The van der Waals surface area contributed by atoms with E-state index in [1.54, 1.807) is 0 Å². The second-order valence-electron chi connectivity index (χ2n) is 5.72. The Morgan fingerprint density at radius 2 is 1.58 bits per heavy atom. The largest absolute Gasteiger partial charge is 0.339 e. The number of halogens is 1. The van der Waals surface area contributed by atoms with Crippen LogP contribution in [0.5, 0.6) is 0 Å². The predicted octanol–water partition coefficient (Wildman–Crippen LogP) is 6.26. The lowest BCUT2D eigenvalue weighted by Crippen LogP contribution is -2.13. The Balaban J connectivity index is 2.05. The van der Waals surface area contributed by atoms with Crippen molar-refractivity contribution in [3.63, 3.8) is 0 Å². The third-order valence-corrected chi connectivity index (χ3v) is 4.45. The average Bonchev–Trinajstić information content (AvgIpc) is 2.59. The van der Waals surface area contributed by atoms with Crippen LogP contribution >= 0.6 is 15.9 Å². The number of nitrogens with one attached hydrogen (secondary N) is 1. The molecule has 0 bridgehead atoms. The van der Waals surface area contributed by atoms with Crippen molar-refractivity contribution < 1.29 is 0 Å². The van der Waals surface area contributed by atoms with Gasteiger partial charge in [-0.25, -0.2) is 4.99 Å². The topological polar surface area (TPSA) is 24.4 Å². The highest BCUT2D eigenvalue weighted by atomic mass is 79.9. The third kappa shape index (κ3) is 3.92. The number of para-hydroxylation sites is 1. The lowest BCUT2D eigenvalue weighted by atomic mass is 10.1. The zero-order valence-corrected chi connectivity index (χ0v) is 15.3. The first-order valence-electron chi connectivity index (χ1n) is 7.86. The Hall–Kier alpha value is -2.39. The van der Waals surface area contributed by atoms with Crippen molar-refractivity contribution >= 4 is 33.1 Å². The van der Waals surface area contributed by atoms with E-state index in [0.717, 1.165) is 32.8 Å². The Bertz CT molecular complexity index is 870. The van der Waals surface area contributed by atoms with Crippen LogP contribution in [0.3, 0.4) is 0 Å². The van der Waals surface area contributed by atoms with Gasteiger partial charge in [-0.1, -0.05) is 60.2 Å². The molecule has 1 N–H and O–H groups in total. The SMILES string of the molecule is Cc1ccc(N=C(Nc2ccccc2Br)c2ccccc2)c(C)c1. The first-order chi connectivity index (χ1) is 11.6. The summed E-state index contributed by atoms with van der Waals surface area (Å²) in [6, 6.07) is 24.5. The molecule has 0 fully saturated rings. The van der Waals surface area contributed by atoms with Crippen LogP contribution in [0.15, 0.2) is 82.3 Å². The predicted molar refractivity (Wildman–Crippen MR) is 106 cm³/mol. The molecule has 3 aromatic carbocycles. The van der Waals surface area contributed by atoms with Crippen molar-refractivity contribution in [3.8, 4) is 0 Å². The van der Waals surface area contributed by atoms with Crippen molar-refractivity contribution in [3.05, 3.63) is 94.0 Å². The lowest BCUT2D eigenvalue weighted by Gasteiger charge is -2.13. The molecule has 0 amide bonds. The van der Waals surface area contributed by atoms with Gasteiger partial charge in [-0.05, 0) is 53.5 Å². The zero-order chi connectivity index (χ0) is 16.9. The molecule has 0 aliphatic heterocycles. The summed E-state index contributed by atoms with van der Waals surface area (Å²) in [5.41, 5.74) is 5.42. The number of benzene rings is 3. The molecule has 120 valence electrons. The number of anilines is 1. The van der Waals surface area contributed by atoms with Crippen LogP contribution in [0.4, 0.5) is 11.4 Å². The number of amidine groups is 1. The van der Waals surface area contributed by atoms with Gasteiger partial charge in [0.2, 0.25) is 0 Å². The molecule has 3 rings (SSSR count). The average molecular weight is 379 g/mol. The lowest BCUT2D eigenvalue weighted by molar-refractivity contribution is 1.34. The Kier molecular flexibility index (Phi) is 5.11. The highest BCUT2D eigenvalue weighted by Crippen LogP contribution is 2.25. The highest BCUT2D eigenvalue weighted by Gasteiger charge is 2.07. The number of nitrogens with zero attached hydrogens (tertiary/aromatic N) is 1. The summed E-state index contributed by atoms with van der Waals surface area (Å²) in [4.78, 5) is 4.89. The van der Waals surface area contributed by atoms with Gasteiger partial charge in [-0.2, -0.15) is 0 Å². The maximum atomic E-state index is 4.89. The van der Waals surface area contributed by atoms with Gasteiger partial charge in [0.25, 0.3) is 0 Å². The van der Waals surface area contributed by atoms with Crippen molar-refractivity contribution in [2.24, 2.45) is 4.99 Å². The van der Waals surface area contributed by atoms with Gasteiger partial charge < -0.3 is 5.32 Å². The summed E-state index contributed by atoms with van der Waals surface area (Å²) < 4.78 is 1.01. The third-order valence-electron chi connectivity index (χ3n) is 3.76. The standard InChI is InChI=1S/C21H19BrN2/c1-15-12-13-19(16(2)14-15)23-21(17-8-4-3-5-9-17)24-20-11-7-6-10-18(20)22/h3-14H,1-2H3,(H,23,24). The maximum absolute atomic E-state index is 4.89. The fourth-order valence-electron chi connectivity index (χ4n) is 2.50. The highest BCUT2D eigenvalue weighted by molar-refractivity contribution is 9.10. The molecule has 0 aromatic heterocycles. The van der Waals surface area contributed by atoms with Gasteiger partial charge in [-0.15, -0.1) is 0 Å². The molecule has 0 saturated carbocycles. The molecule has 0 atom stereocenters. The van der Waals surface area contributed by atoms with Gasteiger partial charge in [0.1, 0.15) is 5.84 Å². The van der Waals surface area contributed by atoms with Crippen LogP contribution in [0.2, 0.25) is 0 Å². The van der Waals surface area contributed by atoms with Crippen LogP contribution < -0.4 is 5.32 Å². The quantitative estimate of drug-likeness (QED) is 0.422. The molecule has 2 nitrogen and oxygen atoms in total. The summed E-state index contributed by atoms with van der Waals surface area (Å²) in [5, 5.41) is 3.46. The summed E-state index contributed by atoms with van der Waals surface area (Å²) in [6.45, 7) is 4.19. The first kappa shape index (κ1) is 16.5. The van der Waals surface area contributed by atoms with Gasteiger partial charge in [0, 0.05) is 10.0 Å². The Labute approximate surface area is 151 Å². The van der Waals surface area contributed by atoms with Crippen molar-refractivity contribution in [2.45, 2.75) is 13.8 Å². The fourth-order valence-corrected chi connectivity index (χ4v) is 2.89. The summed E-state index contributed by atoms with van der Waals surface area (Å²) >= 11 is 3.59.